The van der Waals surface area contributed by atoms with Crippen molar-refractivity contribution in [2.45, 2.75) is 19.0 Å². The smallest absolute Gasteiger partial charge is 0.237 e. The summed E-state index contributed by atoms with van der Waals surface area (Å²) in [7, 11) is 3.14. The molecule has 9 heteroatoms. The molecule has 3 amide bonds. The van der Waals surface area contributed by atoms with Crippen LogP contribution in [0.25, 0.3) is 0 Å². The van der Waals surface area contributed by atoms with Gasteiger partial charge in [-0.1, -0.05) is 0 Å². The van der Waals surface area contributed by atoms with E-state index in [0.717, 1.165) is 5.56 Å². The first-order valence-electron chi connectivity index (χ1n) is 8.21. The van der Waals surface area contributed by atoms with E-state index >= 15 is 0 Å². The zero-order chi connectivity index (χ0) is 19.1. The highest BCUT2D eigenvalue weighted by atomic mass is 16.5. The molecule has 0 aromatic heterocycles. The minimum atomic E-state index is -0.633. The van der Waals surface area contributed by atoms with E-state index in [9.17, 15) is 14.4 Å². The molecule has 142 valence electrons. The van der Waals surface area contributed by atoms with Crippen LogP contribution in [0.2, 0.25) is 0 Å². The van der Waals surface area contributed by atoms with E-state index in [0.29, 0.717) is 31.1 Å². The Bertz CT molecular complexity index is 657. The van der Waals surface area contributed by atoms with Crippen LogP contribution in [-0.2, 0) is 20.9 Å². The molecular weight excluding hydrogens is 340 g/mol. The second kappa shape index (κ2) is 9.04. The van der Waals surface area contributed by atoms with E-state index in [-0.39, 0.29) is 18.9 Å². The summed E-state index contributed by atoms with van der Waals surface area (Å²) in [5.74, 6) is 0.0410. The van der Waals surface area contributed by atoms with Gasteiger partial charge in [0.15, 0.2) is 0 Å². The monoisotopic (exact) mass is 364 g/mol. The standard InChI is InChI=1S/C17H24N4O5/c1-25-12-5-11(6-13(7-12)26-2)10-21-4-3-19-17(24)14(21)8-16(23)20-9-15(18)22/h5-7,14H,3-4,8-10H2,1-2H3,(H2,18,22)(H,19,24)(H,20,23). The van der Waals surface area contributed by atoms with Crippen molar-refractivity contribution in [3.63, 3.8) is 0 Å². The van der Waals surface area contributed by atoms with Crippen LogP contribution in [0, 0.1) is 0 Å². The maximum absolute atomic E-state index is 12.2. The van der Waals surface area contributed by atoms with Gasteiger partial charge in [-0.15, -0.1) is 0 Å². The maximum atomic E-state index is 12.2. The first-order valence-corrected chi connectivity index (χ1v) is 8.21. The van der Waals surface area contributed by atoms with Gasteiger partial charge >= 0.3 is 0 Å². The summed E-state index contributed by atoms with van der Waals surface area (Å²) >= 11 is 0. The predicted molar refractivity (Wildman–Crippen MR) is 93.6 cm³/mol. The Morgan fingerprint density at radius 1 is 1.27 bits per heavy atom. The third-order valence-corrected chi connectivity index (χ3v) is 4.08. The van der Waals surface area contributed by atoms with Crippen molar-refractivity contribution >= 4 is 17.7 Å². The van der Waals surface area contributed by atoms with Gasteiger partial charge in [0.2, 0.25) is 17.7 Å². The Labute approximate surface area is 151 Å². The fourth-order valence-electron chi connectivity index (χ4n) is 2.80. The van der Waals surface area contributed by atoms with Crippen LogP contribution < -0.4 is 25.8 Å². The van der Waals surface area contributed by atoms with Gasteiger partial charge in [0, 0.05) is 25.7 Å². The molecule has 4 N–H and O–H groups in total. The van der Waals surface area contributed by atoms with Gasteiger partial charge < -0.3 is 25.8 Å². The summed E-state index contributed by atoms with van der Waals surface area (Å²) in [6.45, 7) is 1.30. The molecule has 0 saturated carbocycles. The van der Waals surface area contributed by atoms with Gasteiger partial charge in [-0.2, -0.15) is 0 Å². The zero-order valence-corrected chi connectivity index (χ0v) is 14.9. The Morgan fingerprint density at radius 2 is 1.92 bits per heavy atom. The van der Waals surface area contributed by atoms with Crippen LogP contribution in [-0.4, -0.2) is 62.5 Å². The van der Waals surface area contributed by atoms with Crippen molar-refractivity contribution < 1.29 is 23.9 Å². The van der Waals surface area contributed by atoms with E-state index in [1.54, 1.807) is 20.3 Å². The second-order valence-electron chi connectivity index (χ2n) is 5.95. The highest BCUT2D eigenvalue weighted by molar-refractivity contribution is 5.90. The molecule has 0 bridgehead atoms. The number of amides is 3. The number of nitrogens with zero attached hydrogens (tertiary/aromatic N) is 1. The van der Waals surface area contributed by atoms with Crippen LogP contribution in [0.15, 0.2) is 18.2 Å². The molecule has 1 saturated heterocycles. The Hall–Kier alpha value is -2.81. The molecular formula is C17H24N4O5. The van der Waals surface area contributed by atoms with Gasteiger partial charge in [-0.05, 0) is 17.7 Å². The summed E-state index contributed by atoms with van der Waals surface area (Å²) in [5.41, 5.74) is 5.92. The summed E-state index contributed by atoms with van der Waals surface area (Å²) in [6, 6.07) is 4.86. The van der Waals surface area contributed by atoms with Crippen molar-refractivity contribution in [1.82, 2.24) is 15.5 Å². The normalized spacial score (nSPS) is 17.3. The molecule has 0 radical (unpaired) electrons. The van der Waals surface area contributed by atoms with Crippen LogP contribution in [0.5, 0.6) is 11.5 Å². The van der Waals surface area contributed by atoms with E-state index in [1.165, 1.54) is 0 Å². The van der Waals surface area contributed by atoms with Crippen LogP contribution in [0.1, 0.15) is 12.0 Å². The fourth-order valence-corrected chi connectivity index (χ4v) is 2.80. The second-order valence-corrected chi connectivity index (χ2v) is 5.95. The number of carbonyl (C=O) groups is 3. The van der Waals surface area contributed by atoms with Crippen LogP contribution >= 0.6 is 0 Å². The highest BCUT2D eigenvalue weighted by Crippen LogP contribution is 2.24. The molecule has 2 rings (SSSR count). The number of nitrogens with one attached hydrogen (secondary N) is 2. The first-order chi connectivity index (χ1) is 12.4. The molecule has 1 aliphatic heterocycles. The molecule has 1 aliphatic rings. The number of hydrogen-bond acceptors (Lipinski definition) is 6. The molecule has 0 aliphatic carbocycles. The third kappa shape index (κ3) is 5.35. The number of benzene rings is 1. The molecule has 9 nitrogen and oxygen atoms in total. The maximum Gasteiger partial charge on any atom is 0.237 e. The number of methoxy groups -OCH3 is 2. The van der Waals surface area contributed by atoms with E-state index in [2.05, 4.69) is 10.6 Å². The minimum absolute atomic E-state index is 0.0553. The van der Waals surface area contributed by atoms with E-state index in [4.69, 9.17) is 15.2 Å². The van der Waals surface area contributed by atoms with Gasteiger partial charge in [-0.25, -0.2) is 0 Å². The lowest BCUT2D eigenvalue weighted by atomic mass is 10.1. The molecule has 26 heavy (non-hydrogen) atoms. The molecule has 1 unspecified atom stereocenters. The van der Waals surface area contributed by atoms with Crippen LogP contribution in [0.4, 0.5) is 0 Å². The number of primary amides is 1. The van der Waals surface area contributed by atoms with Gasteiger partial charge in [0.25, 0.3) is 0 Å². The molecule has 0 spiro atoms. The van der Waals surface area contributed by atoms with E-state index in [1.807, 2.05) is 17.0 Å². The number of ether oxygens (including phenoxy) is 2. The largest absolute Gasteiger partial charge is 0.497 e. The van der Waals surface area contributed by atoms with Crippen molar-refractivity contribution in [3.05, 3.63) is 23.8 Å². The van der Waals surface area contributed by atoms with Crippen molar-refractivity contribution in [2.75, 3.05) is 33.9 Å². The number of rotatable bonds is 8. The number of carbonyl (C=O) groups excluding carboxylic acids is 3. The molecule has 1 atom stereocenters. The van der Waals surface area contributed by atoms with Crippen LogP contribution in [0.3, 0.4) is 0 Å². The molecule has 1 heterocycles. The lowest BCUT2D eigenvalue weighted by molar-refractivity contribution is -0.134. The average Bonchev–Trinajstić information content (AvgIpc) is 2.62. The average molecular weight is 364 g/mol. The number of hydrogen-bond donors (Lipinski definition) is 3. The highest BCUT2D eigenvalue weighted by Gasteiger charge is 2.31. The Balaban J connectivity index is 2.11. The molecule has 1 aromatic rings. The molecule has 1 fully saturated rings. The lowest BCUT2D eigenvalue weighted by Crippen LogP contribution is -2.56. The number of piperazine rings is 1. The topological polar surface area (TPSA) is 123 Å². The third-order valence-electron chi connectivity index (χ3n) is 4.08. The quantitative estimate of drug-likeness (QED) is 0.543. The van der Waals surface area contributed by atoms with Crippen molar-refractivity contribution in [1.29, 1.82) is 0 Å². The summed E-state index contributed by atoms with van der Waals surface area (Å²) in [4.78, 5) is 36.9. The molecule has 1 aromatic carbocycles. The van der Waals surface area contributed by atoms with Gasteiger partial charge in [-0.3, -0.25) is 19.3 Å². The van der Waals surface area contributed by atoms with E-state index < -0.39 is 17.9 Å². The Morgan fingerprint density at radius 3 is 2.50 bits per heavy atom. The lowest BCUT2D eigenvalue weighted by Gasteiger charge is -2.34. The summed E-state index contributed by atoms with van der Waals surface area (Å²) in [6.07, 6.45) is -0.0553. The summed E-state index contributed by atoms with van der Waals surface area (Å²) < 4.78 is 10.5. The zero-order valence-electron chi connectivity index (χ0n) is 14.9. The minimum Gasteiger partial charge on any atom is -0.497 e. The van der Waals surface area contributed by atoms with Gasteiger partial charge in [0.05, 0.1) is 33.2 Å². The first kappa shape index (κ1) is 19.5. The van der Waals surface area contributed by atoms with Crippen molar-refractivity contribution in [2.24, 2.45) is 5.73 Å². The SMILES string of the molecule is COc1cc(CN2CCNC(=O)C2CC(=O)NCC(N)=O)cc(OC)c1. The fraction of sp³-hybridized carbons (Fsp3) is 0.471. The summed E-state index contributed by atoms with van der Waals surface area (Å²) in [5, 5.41) is 5.17. The number of nitrogens with two attached hydrogens (primary N) is 1. The predicted octanol–water partition coefficient (Wildman–Crippen LogP) is -1.00. The van der Waals surface area contributed by atoms with Gasteiger partial charge in [0.1, 0.15) is 11.5 Å². The Kier molecular flexibility index (Phi) is 6.79. The van der Waals surface area contributed by atoms with Crippen molar-refractivity contribution in [3.8, 4) is 11.5 Å².